The average molecular weight is 498 g/mol. The van der Waals surface area contributed by atoms with Crippen molar-refractivity contribution in [2.45, 2.75) is 38.3 Å². The number of hydrogen-bond donors (Lipinski definition) is 3. The summed E-state index contributed by atoms with van der Waals surface area (Å²) < 4.78 is 9.36. The van der Waals surface area contributed by atoms with Crippen LogP contribution in [0.25, 0.3) is 38.5 Å². The van der Waals surface area contributed by atoms with Crippen molar-refractivity contribution in [3.8, 4) is 22.6 Å². The van der Waals surface area contributed by atoms with Gasteiger partial charge in [0.05, 0.1) is 29.2 Å². The Morgan fingerprint density at radius 2 is 1.89 bits per heavy atom. The zero-order valence-corrected chi connectivity index (χ0v) is 20.6. The highest BCUT2D eigenvalue weighted by Gasteiger charge is 2.40. The number of nitrogen functional groups attached to an aromatic ring is 1. The second-order valence-electron chi connectivity index (χ2n) is 9.87. The van der Waals surface area contributed by atoms with Crippen LogP contribution in [0.4, 0.5) is 5.82 Å². The number of pyridine rings is 1. The van der Waals surface area contributed by atoms with Gasteiger partial charge in [-0.15, -0.1) is 0 Å². The van der Waals surface area contributed by atoms with E-state index < -0.39 is 5.60 Å². The van der Waals surface area contributed by atoms with Crippen LogP contribution in [-0.2, 0) is 0 Å². The predicted octanol–water partition coefficient (Wildman–Crippen LogP) is 3.76. The largest absolute Gasteiger partial charge is 0.492 e. The summed E-state index contributed by atoms with van der Waals surface area (Å²) in [5.41, 5.74) is 7.53. The molecule has 37 heavy (non-hydrogen) atoms. The van der Waals surface area contributed by atoms with Gasteiger partial charge in [0, 0.05) is 28.9 Å². The van der Waals surface area contributed by atoms with Gasteiger partial charge in [0.25, 0.3) is 11.1 Å². The Hall–Kier alpha value is -4.37. The Morgan fingerprint density at radius 3 is 2.59 bits per heavy atom. The predicted molar refractivity (Wildman–Crippen MR) is 143 cm³/mol. The summed E-state index contributed by atoms with van der Waals surface area (Å²) in [6.07, 6.45) is 4.64. The van der Waals surface area contributed by atoms with Crippen LogP contribution < -0.4 is 21.6 Å². The second kappa shape index (κ2) is 8.35. The van der Waals surface area contributed by atoms with Crippen molar-refractivity contribution < 1.29 is 9.84 Å². The molecule has 2 aromatic carbocycles. The van der Waals surface area contributed by atoms with Crippen LogP contribution in [0.15, 0.2) is 70.5 Å². The van der Waals surface area contributed by atoms with Gasteiger partial charge in [0.15, 0.2) is 5.82 Å². The molecule has 1 aliphatic rings. The van der Waals surface area contributed by atoms with Gasteiger partial charge in [-0.05, 0) is 56.5 Å². The van der Waals surface area contributed by atoms with Crippen molar-refractivity contribution in [3.05, 3.63) is 81.6 Å². The average Bonchev–Trinajstić information content (AvgIpc) is 3.28. The minimum atomic E-state index is -0.770. The molecular formula is C28H27N5O4. The van der Waals surface area contributed by atoms with Gasteiger partial charge < -0.3 is 20.1 Å². The summed E-state index contributed by atoms with van der Waals surface area (Å²) in [7, 11) is 0. The molecule has 0 bridgehead atoms. The number of anilines is 1. The molecular weight excluding hydrogens is 470 g/mol. The Labute approximate surface area is 211 Å². The number of rotatable bonds is 5. The molecule has 5 aromatic rings. The molecule has 1 fully saturated rings. The highest BCUT2D eigenvalue weighted by atomic mass is 16.5. The Balaban J connectivity index is 1.60. The smallest absolute Gasteiger partial charge is 0.288 e. The van der Waals surface area contributed by atoms with Crippen molar-refractivity contribution >= 4 is 27.5 Å². The minimum absolute atomic E-state index is 0.0468. The number of aromatic nitrogens is 4. The van der Waals surface area contributed by atoms with Crippen LogP contribution in [-0.4, -0.2) is 36.6 Å². The quantitative estimate of drug-likeness (QED) is 0.339. The number of hydrogen-bond acceptors (Lipinski definition) is 6. The minimum Gasteiger partial charge on any atom is -0.492 e. The van der Waals surface area contributed by atoms with E-state index in [2.05, 4.69) is 10.2 Å². The lowest BCUT2D eigenvalue weighted by Crippen LogP contribution is -2.42. The number of H-pyrrole nitrogens is 1. The summed E-state index contributed by atoms with van der Waals surface area (Å²) in [5.74, 6) is 0.795. The van der Waals surface area contributed by atoms with E-state index in [0.717, 1.165) is 11.3 Å². The molecule has 0 amide bonds. The third-order valence-corrected chi connectivity index (χ3v) is 7.15. The van der Waals surface area contributed by atoms with Crippen molar-refractivity contribution in [1.82, 2.24) is 19.3 Å². The van der Waals surface area contributed by atoms with Crippen LogP contribution in [0.5, 0.6) is 5.75 Å². The molecule has 3 heterocycles. The molecule has 9 heteroatoms. The van der Waals surface area contributed by atoms with E-state index in [1.165, 1.54) is 0 Å². The number of nitrogens with one attached hydrogen (secondary N) is 1. The zero-order chi connectivity index (χ0) is 25.9. The maximum atomic E-state index is 13.7. The third-order valence-electron chi connectivity index (χ3n) is 7.15. The number of para-hydroxylation sites is 1. The third kappa shape index (κ3) is 3.70. The molecule has 188 valence electrons. The molecule has 0 unspecified atom stereocenters. The number of benzene rings is 2. The topological polar surface area (TPSA) is 128 Å². The number of ether oxygens (including phenoxy) is 1. The van der Waals surface area contributed by atoms with Gasteiger partial charge in [-0.1, -0.05) is 24.3 Å². The van der Waals surface area contributed by atoms with Crippen molar-refractivity contribution in [1.29, 1.82) is 0 Å². The standard InChI is InChI=1S/C28H27N5O4/c1-3-37-22-15-33(17-7-5-4-6-8-17)27(35)20-11-16(9-10-19(20)22)21-14-32(18-12-28(2,36)13-18)24-23(21)25(29)30-31-26(24)34/h4-11,14-15,18,36H,3,12-13H2,1-2H3,(H2,29,30)(H,31,34). The number of nitrogens with zero attached hydrogens (tertiary/aromatic N) is 3. The van der Waals surface area contributed by atoms with Crippen molar-refractivity contribution in [2.24, 2.45) is 0 Å². The van der Waals surface area contributed by atoms with E-state index in [1.807, 2.05) is 66.2 Å². The van der Waals surface area contributed by atoms with Crippen LogP contribution in [0.1, 0.15) is 32.7 Å². The van der Waals surface area contributed by atoms with Gasteiger partial charge >= 0.3 is 0 Å². The fraction of sp³-hybridized carbons (Fsp3) is 0.250. The summed E-state index contributed by atoms with van der Waals surface area (Å²) in [6, 6.07) is 14.9. The van der Waals surface area contributed by atoms with Crippen LogP contribution in [0.2, 0.25) is 0 Å². The van der Waals surface area contributed by atoms with Crippen molar-refractivity contribution in [2.75, 3.05) is 12.3 Å². The number of aliphatic hydroxyl groups is 1. The number of nitrogens with two attached hydrogens (primary N) is 1. The lowest BCUT2D eigenvalue weighted by Gasteiger charge is -2.41. The zero-order valence-electron chi connectivity index (χ0n) is 20.6. The fourth-order valence-electron chi connectivity index (χ4n) is 5.42. The first-order valence-corrected chi connectivity index (χ1v) is 12.3. The Morgan fingerprint density at radius 1 is 1.14 bits per heavy atom. The molecule has 9 nitrogen and oxygen atoms in total. The Bertz CT molecular complexity index is 1770. The van der Waals surface area contributed by atoms with Gasteiger partial charge in [-0.2, -0.15) is 5.10 Å². The highest BCUT2D eigenvalue weighted by molar-refractivity contribution is 6.03. The Kier molecular flexibility index (Phi) is 5.20. The highest BCUT2D eigenvalue weighted by Crippen LogP contribution is 2.44. The molecule has 0 aliphatic heterocycles. The molecule has 0 spiro atoms. The van der Waals surface area contributed by atoms with Crippen LogP contribution in [0, 0.1) is 0 Å². The summed E-state index contributed by atoms with van der Waals surface area (Å²) in [4.78, 5) is 26.5. The molecule has 6 rings (SSSR count). The van der Waals surface area contributed by atoms with Gasteiger partial charge in [-0.3, -0.25) is 14.2 Å². The maximum Gasteiger partial charge on any atom is 0.288 e. The first-order valence-electron chi connectivity index (χ1n) is 12.3. The SMILES string of the molecule is CCOc1cn(-c2ccccc2)c(=O)c2cc(-c3cn(C4CC(C)(O)C4)c4c(=O)[nH]nc(N)c34)ccc12. The monoisotopic (exact) mass is 497 g/mol. The molecule has 4 N–H and O–H groups in total. The summed E-state index contributed by atoms with van der Waals surface area (Å²) in [5, 5.41) is 18.5. The van der Waals surface area contributed by atoms with E-state index in [9.17, 15) is 14.7 Å². The molecule has 0 saturated heterocycles. The van der Waals surface area contributed by atoms with E-state index in [4.69, 9.17) is 10.5 Å². The maximum absolute atomic E-state index is 13.7. The van der Waals surface area contributed by atoms with Gasteiger partial charge in [0.1, 0.15) is 11.3 Å². The molecule has 0 atom stereocenters. The van der Waals surface area contributed by atoms with E-state index in [0.29, 0.717) is 52.4 Å². The molecule has 1 aliphatic carbocycles. The van der Waals surface area contributed by atoms with Gasteiger partial charge in [-0.25, -0.2) is 5.10 Å². The molecule has 1 saturated carbocycles. The van der Waals surface area contributed by atoms with Crippen LogP contribution >= 0.6 is 0 Å². The van der Waals surface area contributed by atoms with E-state index >= 15 is 0 Å². The van der Waals surface area contributed by atoms with Crippen molar-refractivity contribution in [3.63, 3.8) is 0 Å². The fourth-order valence-corrected chi connectivity index (χ4v) is 5.42. The normalized spacial score (nSPS) is 19.3. The van der Waals surface area contributed by atoms with E-state index in [1.54, 1.807) is 17.7 Å². The first-order chi connectivity index (χ1) is 17.8. The molecule has 0 radical (unpaired) electrons. The second-order valence-corrected chi connectivity index (χ2v) is 9.87. The lowest BCUT2D eigenvalue weighted by molar-refractivity contribution is -0.0497. The number of aromatic amines is 1. The first kappa shape index (κ1) is 23.1. The lowest BCUT2D eigenvalue weighted by atomic mass is 9.77. The summed E-state index contributed by atoms with van der Waals surface area (Å²) >= 11 is 0. The van der Waals surface area contributed by atoms with E-state index in [-0.39, 0.29) is 23.0 Å². The van der Waals surface area contributed by atoms with Crippen LogP contribution in [0.3, 0.4) is 0 Å². The van der Waals surface area contributed by atoms with Gasteiger partial charge in [0.2, 0.25) is 0 Å². The summed E-state index contributed by atoms with van der Waals surface area (Å²) in [6.45, 7) is 4.14. The number of fused-ring (bicyclic) bond motifs is 2. The molecule has 3 aromatic heterocycles.